The van der Waals surface area contributed by atoms with Crippen molar-refractivity contribution in [3.05, 3.63) is 16.0 Å². The second-order valence-corrected chi connectivity index (χ2v) is 8.21. The molecule has 0 aromatic rings. The van der Waals surface area contributed by atoms with Gasteiger partial charge in [-0.25, -0.2) is 0 Å². The van der Waals surface area contributed by atoms with Crippen molar-refractivity contribution >= 4 is 0 Å². The van der Waals surface area contributed by atoms with E-state index in [2.05, 4.69) is 64.4 Å². The predicted molar refractivity (Wildman–Crippen MR) is 151 cm³/mol. The van der Waals surface area contributed by atoms with Gasteiger partial charge < -0.3 is 21.1 Å². The zero-order valence-corrected chi connectivity index (χ0v) is 25.7. The Balaban J connectivity index is -0.000000107. The summed E-state index contributed by atoms with van der Waals surface area (Å²) in [5.41, 5.74) is 0. The maximum Gasteiger partial charge on any atom is 3.00 e. The quantitative estimate of drug-likeness (QED) is 0.130. The molecule has 4 nitrogen and oxygen atoms in total. The summed E-state index contributed by atoms with van der Waals surface area (Å²) in [7, 11) is 0. The second kappa shape index (κ2) is 53.8. The van der Waals surface area contributed by atoms with Crippen LogP contribution in [0.3, 0.4) is 0 Å². The smallest absolute Gasteiger partial charge is 0.662 e. The molecule has 0 bridgehead atoms. The van der Waals surface area contributed by atoms with Crippen LogP contribution < -0.4 is 0 Å². The zero-order valence-electron chi connectivity index (χ0n) is 24.1. The van der Waals surface area contributed by atoms with Crippen LogP contribution in [0.25, 0.3) is 16.0 Å². The first-order valence-electron chi connectivity index (χ1n) is 14.2. The second-order valence-electron chi connectivity index (χ2n) is 8.21. The molecular weight excluding hydrogens is 442 g/mol. The third-order valence-corrected chi connectivity index (χ3v) is 4.53. The summed E-state index contributed by atoms with van der Waals surface area (Å²) in [5.74, 6) is 0. The van der Waals surface area contributed by atoms with Crippen LogP contribution in [0.1, 0.15) is 138 Å². The summed E-state index contributed by atoms with van der Waals surface area (Å²) in [6.45, 7) is 22.1. The molecule has 0 amide bonds. The normalized spacial score (nSPS) is 9.45. The van der Waals surface area contributed by atoms with E-state index < -0.39 is 0 Å². The summed E-state index contributed by atoms with van der Waals surface area (Å²) >= 11 is 0. The Morgan fingerprint density at radius 1 is 0.364 bits per heavy atom. The topological polar surface area (TPSA) is 62.5 Å². The van der Waals surface area contributed by atoms with Crippen LogP contribution in [0.2, 0.25) is 0 Å². The van der Waals surface area contributed by atoms with E-state index in [1.807, 2.05) is 0 Å². The van der Waals surface area contributed by atoms with E-state index in [0.29, 0.717) is 6.61 Å². The molecular formula is C28H64N3OTi. The van der Waals surface area contributed by atoms with Crippen LogP contribution in [0.5, 0.6) is 0 Å². The number of aliphatic hydroxyl groups is 1. The Kier molecular flexibility index (Phi) is 71.1. The molecule has 1 radical (unpaired) electrons. The van der Waals surface area contributed by atoms with Gasteiger partial charge in [0.05, 0.1) is 0 Å². The van der Waals surface area contributed by atoms with Crippen molar-refractivity contribution in [1.29, 1.82) is 0 Å². The van der Waals surface area contributed by atoms with E-state index in [1.54, 1.807) is 0 Å². The fraction of sp³-hybridized carbons (Fsp3) is 1.00. The summed E-state index contributed by atoms with van der Waals surface area (Å²) in [5, 5.41) is 21.1. The summed E-state index contributed by atoms with van der Waals surface area (Å²) in [6.07, 6.45) is 17.3. The molecule has 0 aliphatic heterocycles. The molecule has 0 aromatic carbocycles. The minimum absolute atomic E-state index is 0. The van der Waals surface area contributed by atoms with E-state index in [4.69, 9.17) is 5.11 Å². The predicted octanol–water partition coefficient (Wildman–Crippen LogP) is 9.66. The van der Waals surface area contributed by atoms with Gasteiger partial charge in [-0.05, 0) is 6.42 Å². The Labute approximate surface area is 226 Å². The molecule has 0 aliphatic rings. The third kappa shape index (κ3) is 71.9. The number of aliphatic hydroxyl groups excluding tert-OH is 1. The molecule has 0 saturated carbocycles. The van der Waals surface area contributed by atoms with Crippen molar-refractivity contribution < 1.29 is 26.8 Å². The maximum atomic E-state index is 8.07. The van der Waals surface area contributed by atoms with Crippen molar-refractivity contribution in [3.63, 3.8) is 0 Å². The Morgan fingerprint density at radius 2 is 0.545 bits per heavy atom. The van der Waals surface area contributed by atoms with Crippen molar-refractivity contribution in [2.75, 3.05) is 45.9 Å². The molecule has 0 saturated heterocycles. The van der Waals surface area contributed by atoms with Gasteiger partial charge in [-0.1, -0.05) is 132 Å². The fourth-order valence-corrected chi connectivity index (χ4v) is 2.11. The molecule has 0 aliphatic carbocycles. The number of rotatable bonds is 20. The van der Waals surface area contributed by atoms with Gasteiger partial charge in [0, 0.05) is 6.61 Å². The van der Waals surface area contributed by atoms with Crippen LogP contribution in [0.15, 0.2) is 0 Å². The van der Waals surface area contributed by atoms with Crippen molar-refractivity contribution in [2.24, 2.45) is 0 Å². The Bertz CT molecular complexity index is 194. The average Bonchev–Trinajstić information content (AvgIpc) is 2.81. The number of nitrogens with zero attached hydrogens (tertiary/aromatic N) is 3. The maximum absolute atomic E-state index is 8.07. The molecule has 33 heavy (non-hydrogen) atoms. The van der Waals surface area contributed by atoms with Gasteiger partial charge in [0.15, 0.2) is 0 Å². The molecule has 0 spiro atoms. The minimum atomic E-state index is 0. The van der Waals surface area contributed by atoms with Crippen LogP contribution in [-0.2, 0) is 21.7 Å². The zero-order chi connectivity index (χ0) is 25.0. The van der Waals surface area contributed by atoms with E-state index in [0.717, 1.165) is 52.1 Å². The van der Waals surface area contributed by atoms with Crippen LogP contribution in [0, 0.1) is 0 Å². The first-order valence-corrected chi connectivity index (χ1v) is 14.2. The summed E-state index contributed by atoms with van der Waals surface area (Å²) < 4.78 is 0. The van der Waals surface area contributed by atoms with Crippen molar-refractivity contribution in [1.82, 2.24) is 0 Å². The van der Waals surface area contributed by atoms with Gasteiger partial charge in [-0.2, -0.15) is 0 Å². The summed E-state index contributed by atoms with van der Waals surface area (Å²) in [6, 6.07) is 0. The molecule has 0 atom stereocenters. The first-order chi connectivity index (χ1) is 15.7. The van der Waals surface area contributed by atoms with Crippen LogP contribution in [0.4, 0.5) is 0 Å². The number of hydrogen-bond donors (Lipinski definition) is 1. The standard InChI is InChI=1S/3C8H18N.C4H10O.Ti/c3*1-3-5-7-9-8-6-4-2;1-2-3-4-5;/h3*3-8H2,1-2H3;5H,2-4H2,1H3;/q3*-1;;+3. The third-order valence-electron chi connectivity index (χ3n) is 4.53. The first kappa shape index (κ1) is 43.6. The molecule has 0 heterocycles. The summed E-state index contributed by atoms with van der Waals surface area (Å²) in [4.78, 5) is 0. The van der Waals surface area contributed by atoms with E-state index in [9.17, 15) is 0 Å². The van der Waals surface area contributed by atoms with Crippen LogP contribution >= 0.6 is 0 Å². The molecule has 0 aromatic heterocycles. The SMILES string of the molecule is CCCCO.CCCC[N-]CCCC.CCCC[N-]CCCC.CCCC[N-]CCCC.[Ti+3]. The Hall–Kier alpha value is 0.554. The van der Waals surface area contributed by atoms with E-state index in [-0.39, 0.29) is 21.7 Å². The Morgan fingerprint density at radius 3 is 0.636 bits per heavy atom. The molecule has 0 fully saturated rings. The average molecular weight is 507 g/mol. The number of unbranched alkanes of at least 4 members (excludes halogenated alkanes) is 7. The monoisotopic (exact) mass is 506 g/mol. The van der Waals surface area contributed by atoms with Gasteiger partial charge >= 0.3 is 21.7 Å². The van der Waals surface area contributed by atoms with Gasteiger partial charge in [0.2, 0.25) is 0 Å². The number of hydrogen-bond acceptors (Lipinski definition) is 1. The van der Waals surface area contributed by atoms with Gasteiger partial charge in [-0.3, -0.25) is 0 Å². The van der Waals surface area contributed by atoms with Crippen LogP contribution in [-0.4, -0.2) is 51.0 Å². The van der Waals surface area contributed by atoms with Gasteiger partial charge in [0.25, 0.3) is 0 Å². The van der Waals surface area contributed by atoms with Gasteiger partial charge in [-0.15, -0.1) is 39.3 Å². The molecule has 0 unspecified atom stereocenters. The molecule has 1 N–H and O–H groups in total. The largest absolute Gasteiger partial charge is 3.00 e. The van der Waals surface area contributed by atoms with Crippen molar-refractivity contribution in [3.8, 4) is 0 Å². The molecule has 5 heteroatoms. The van der Waals surface area contributed by atoms with Crippen molar-refractivity contribution in [2.45, 2.75) is 138 Å². The minimum Gasteiger partial charge on any atom is -0.662 e. The fourth-order valence-electron chi connectivity index (χ4n) is 2.11. The molecule has 0 rings (SSSR count). The van der Waals surface area contributed by atoms with E-state index in [1.165, 1.54) is 77.0 Å². The molecule has 201 valence electrons. The van der Waals surface area contributed by atoms with E-state index >= 15 is 0 Å². The van der Waals surface area contributed by atoms with Gasteiger partial charge in [0.1, 0.15) is 0 Å².